The monoisotopic (exact) mass is 255 g/mol. The standard InChI is InChI=1S/C12H17NO3S/c1-15-11-5-4-9(8-10(11)13)12(14)16-6-3-7-17-2/h4-5,8H,3,6-7,13H2,1-2H3. The summed E-state index contributed by atoms with van der Waals surface area (Å²) in [5.74, 6) is 1.20. The second kappa shape index (κ2) is 7.06. The van der Waals surface area contributed by atoms with Gasteiger partial charge in [-0.2, -0.15) is 11.8 Å². The predicted molar refractivity (Wildman–Crippen MR) is 70.7 cm³/mol. The number of esters is 1. The van der Waals surface area contributed by atoms with Crippen molar-refractivity contribution in [1.82, 2.24) is 0 Å². The number of carbonyl (C=O) groups is 1. The van der Waals surface area contributed by atoms with Gasteiger partial charge < -0.3 is 15.2 Å². The third-order valence-corrected chi connectivity index (χ3v) is 2.89. The van der Waals surface area contributed by atoms with Crippen LogP contribution in [0, 0.1) is 0 Å². The van der Waals surface area contributed by atoms with E-state index in [0.717, 1.165) is 12.2 Å². The van der Waals surface area contributed by atoms with Crippen molar-refractivity contribution in [1.29, 1.82) is 0 Å². The summed E-state index contributed by atoms with van der Waals surface area (Å²) < 4.78 is 10.1. The molecule has 0 saturated heterocycles. The molecule has 0 atom stereocenters. The molecule has 0 spiro atoms. The Hall–Kier alpha value is -1.36. The summed E-state index contributed by atoms with van der Waals surface area (Å²) in [5, 5.41) is 0. The molecule has 0 unspecified atom stereocenters. The van der Waals surface area contributed by atoms with Crippen molar-refractivity contribution in [3.05, 3.63) is 23.8 Å². The molecule has 0 aliphatic carbocycles. The Kier molecular flexibility index (Phi) is 5.69. The van der Waals surface area contributed by atoms with Crippen molar-refractivity contribution in [2.75, 3.05) is 31.5 Å². The van der Waals surface area contributed by atoms with Crippen LogP contribution in [-0.4, -0.2) is 31.7 Å². The van der Waals surface area contributed by atoms with Crippen molar-refractivity contribution < 1.29 is 14.3 Å². The molecule has 5 heteroatoms. The highest BCUT2D eigenvalue weighted by atomic mass is 32.2. The number of benzene rings is 1. The molecular weight excluding hydrogens is 238 g/mol. The lowest BCUT2D eigenvalue weighted by molar-refractivity contribution is 0.0506. The lowest BCUT2D eigenvalue weighted by Gasteiger charge is -2.07. The fourth-order valence-electron chi connectivity index (χ4n) is 1.31. The highest BCUT2D eigenvalue weighted by Gasteiger charge is 2.09. The second-order valence-corrected chi connectivity index (χ2v) is 4.42. The molecule has 0 radical (unpaired) electrons. The molecular formula is C12H17NO3S. The van der Waals surface area contributed by atoms with Crippen LogP contribution in [0.3, 0.4) is 0 Å². The first-order valence-electron chi connectivity index (χ1n) is 5.28. The molecule has 0 aliphatic heterocycles. The fraction of sp³-hybridized carbons (Fsp3) is 0.417. The van der Waals surface area contributed by atoms with E-state index in [9.17, 15) is 4.79 Å². The third-order valence-electron chi connectivity index (χ3n) is 2.19. The van der Waals surface area contributed by atoms with Gasteiger partial charge in [-0.25, -0.2) is 4.79 Å². The molecule has 0 heterocycles. The van der Waals surface area contributed by atoms with Crippen LogP contribution >= 0.6 is 11.8 Å². The lowest BCUT2D eigenvalue weighted by atomic mass is 10.2. The number of nitrogens with two attached hydrogens (primary N) is 1. The molecule has 1 rings (SSSR count). The number of ether oxygens (including phenoxy) is 2. The fourth-order valence-corrected chi connectivity index (χ4v) is 1.72. The van der Waals surface area contributed by atoms with E-state index in [2.05, 4.69) is 0 Å². The first-order chi connectivity index (χ1) is 8.19. The summed E-state index contributed by atoms with van der Waals surface area (Å²) >= 11 is 1.73. The van der Waals surface area contributed by atoms with E-state index in [1.54, 1.807) is 30.0 Å². The van der Waals surface area contributed by atoms with E-state index in [0.29, 0.717) is 23.6 Å². The first kappa shape index (κ1) is 13.7. The Bertz CT molecular complexity index is 382. The largest absolute Gasteiger partial charge is 0.495 e. The molecule has 0 saturated carbocycles. The first-order valence-corrected chi connectivity index (χ1v) is 6.68. The van der Waals surface area contributed by atoms with Crippen LogP contribution in [0.2, 0.25) is 0 Å². The molecule has 0 amide bonds. The number of hydrogen-bond donors (Lipinski definition) is 1. The molecule has 0 aromatic heterocycles. The highest BCUT2D eigenvalue weighted by Crippen LogP contribution is 2.22. The van der Waals surface area contributed by atoms with Crippen molar-refractivity contribution >= 4 is 23.4 Å². The van der Waals surface area contributed by atoms with Gasteiger partial charge in [0, 0.05) is 0 Å². The van der Waals surface area contributed by atoms with Crippen LogP contribution in [0.25, 0.3) is 0 Å². The average molecular weight is 255 g/mol. The van der Waals surface area contributed by atoms with Gasteiger partial charge in [0.05, 0.1) is 25.0 Å². The maximum Gasteiger partial charge on any atom is 0.338 e. The van der Waals surface area contributed by atoms with Crippen LogP contribution in [0.4, 0.5) is 5.69 Å². The summed E-state index contributed by atoms with van der Waals surface area (Å²) in [4.78, 5) is 11.6. The maximum atomic E-state index is 11.6. The van der Waals surface area contributed by atoms with Gasteiger partial charge in [0.15, 0.2) is 0 Å². The minimum Gasteiger partial charge on any atom is -0.495 e. The molecule has 4 nitrogen and oxygen atoms in total. The van der Waals surface area contributed by atoms with Crippen LogP contribution < -0.4 is 10.5 Å². The van der Waals surface area contributed by atoms with Crippen LogP contribution in [0.5, 0.6) is 5.75 Å². The number of nitrogen functional groups attached to an aromatic ring is 1. The minimum atomic E-state index is -0.347. The summed E-state index contributed by atoms with van der Waals surface area (Å²) in [6.07, 6.45) is 2.88. The lowest BCUT2D eigenvalue weighted by Crippen LogP contribution is -2.07. The summed E-state index contributed by atoms with van der Waals surface area (Å²) in [7, 11) is 1.53. The van der Waals surface area contributed by atoms with Gasteiger partial charge in [-0.05, 0) is 36.6 Å². The Morgan fingerprint density at radius 3 is 2.82 bits per heavy atom. The number of methoxy groups -OCH3 is 1. The number of rotatable bonds is 6. The topological polar surface area (TPSA) is 61.5 Å². The van der Waals surface area contributed by atoms with Gasteiger partial charge in [-0.3, -0.25) is 0 Å². The SMILES string of the molecule is COc1ccc(C(=O)OCCCSC)cc1N. The summed E-state index contributed by atoms with van der Waals surface area (Å²) in [5.41, 5.74) is 6.60. The molecule has 0 aliphatic rings. The van der Waals surface area contributed by atoms with E-state index in [-0.39, 0.29) is 5.97 Å². The highest BCUT2D eigenvalue weighted by molar-refractivity contribution is 7.98. The molecule has 1 aromatic carbocycles. The zero-order valence-corrected chi connectivity index (χ0v) is 10.9. The Morgan fingerprint density at radius 2 is 2.24 bits per heavy atom. The Labute approximate surface area is 105 Å². The quantitative estimate of drug-likeness (QED) is 0.479. The molecule has 0 fully saturated rings. The van der Waals surface area contributed by atoms with Crippen molar-refractivity contribution in [2.45, 2.75) is 6.42 Å². The number of anilines is 1. The van der Waals surface area contributed by atoms with Crippen molar-refractivity contribution in [3.8, 4) is 5.75 Å². The molecule has 2 N–H and O–H groups in total. The summed E-state index contributed by atoms with van der Waals surface area (Å²) in [6.45, 7) is 0.436. The Balaban J connectivity index is 2.54. The van der Waals surface area contributed by atoms with Crippen LogP contribution in [-0.2, 0) is 4.74 Å². The zero-order valence-electron chi connectivity index (χ0n) is 10.1. The van der Waals surface area contributed by atoms with Crippen molar-refractivity contribution in [3.63, 3.8) is 0 Å². The van der Waals surface area contributed by atoms with E-state index < -0.39 is 0 Å². The van der Waals surface area contributed by atoms with E-state index >= 15 is 0 Å². The van der Waals surface area contributed by atoms with E-state index in [1.807, 2.05) is 6.26 Å². The molecule has 1 aromatic rings. The minimum absolute atomic E-state index is 0.347. The summed E-state index contributed by atoms with van der Waals surface area (Å²) in [6, 6.07) is 4.87. The average Bonchev–Trinajstić information content (AvgIpc) is 2.34. The molecule has 0 bridgehead atoms. The molecule has 17 heavy (non-hydrogen) atoms. The second-order valence-electron chi connectivity index (χ2n) is 3.44. The Morgan fingerprint density at radius 1 is 1.47 bits per heavy atom. The van der Waals surface area contributed by atoms with Gasteiger partial charge in [0.1, 0.15) is 5.75 Å². The zero-order chi connectivity index (χ0) is 12.7. The molecule has 94 valence electrons. The van der Waals surface area contributed by atoms with E-state index in [4.69, 9.17) is 15.2 Å². The van der Waals surface area contributed by atoms with Gasteiger partial charge in [-0.15, -0.1) is 0 Å². The number of thioether (sulfide) groups is 1. The maximum absolute atomic E-state index is 11.6. The van der Waals surface area contributed by atoms with E-state index in [1.165, 1.54) is 7.11 Å². The van der Waals surface area contributed by atoms with Gasteiger partial charge in [-0.1, -0.05) is 0 Å². The van der Waals surface area contributed by atoms with Gasteiger partial charge in [0.2, 0.25) is 0 Å². The number of carbonyl (C=O) groups excluding carboxylic acids is 1. The van der Waals surface area contributed by atoms with Crippen LogP contribution in [0.15, 0.2) is 18.2 Å². The normalized spacial score (nSPS) is 10.0. The van der Waals surface area contributed by atoms with Gasteiger partial charge in [0.25, 0.3) is 0 Å². The van der Waals surface area contributed by atoms with Gasteiger partial charge >= 0.3 is 5.97 Å². The van der Waals surface area contributed by atoms with Crippen molar-refractivity contribution in [2.24, 2.45) is 0 Å². The van der Waals surface area contributed by atoms with Crippen LogP contribution in [0.1, 0.15) is 16.8 Å². The predicted octanol–water partition coefficient (Wildman–Crippen LogP) is 2.19. The number of hydrogen-bond acceptors (Lipinski definition) is 5. The smallest absolute Gasteiger partial charge is 0.338 e. The third kappa shape index (κ3) is 4.19.